The summed E-state index contributed by atoms with van der Waals surface area (Å²) < 4.78 is 5.93. The second-order valence-electron chi connectivity index (χ2n) is 8.47. The van der Waals surface area contributed by atoms with Crippen molar-refractivity contribution in [1.29, 1.82) is 0 Å². The van der Waals surface area contributed by atoms with Crippen molar-refractivity contribution in [2.24, 2.45) is 0 Å². The van der Waals surface area contributed by atoms with E-state index in [9.17, 15) is 4.79 Å². The molecule has 0 spiro atoms. The molecule has 3 heterocycles. The number of aryl methyl sites for hydroxylation is 1. The molecule has 1 fully saturated rings. The van der Waals surface area contributed by atoms with Crippen LogP contribution < -0.4 is 10.1 Å². The average molecular weight is 467 g/mol. The fourth-order valence-corrected chi connectivity index (χ4v) is 4.15. The van der Waals surface area contributed by atoms with Crippen molar-refractivity contribution in [3.8, 4) is 11.6 Å². The number of rotatable bonds is 6. The van der Waals surface area contributed by atoms with E-state index in [1.54, 1.807) is 18.5 Å². The molecule has 8 heteroatoms. The van der Waals surface area contributed by atoms with Gasteiger partial charge in [0.15, 0.2) is 0 Å². The number of ether oxygens (including phenoxy) is 1. The van der Waals surface area contributed by atoms with Gasteiger partial charge in [0.25, 0.3) is 5.91 Å². The molecule has 0 radical (unpaired) electrons. The summed E-state index contributed by atoms with van der Waals surface area (Å²) in [6.07, 6.45) is 4.94. The Bertz CT molecular complexity index is 1290. The summed E-state index contributed by atoms with van der Waals surface area (Å²) in [4.78, 5) is 32.8. The Balaban J connectivity index is 1.23. The summed E-state index contributed by atoms with van der Waals surface area (Å²) >= 11 is 0. The number of hydrogen-bond acceptors (Lipinski definition) is 7. The highest BCUT2D eigenvalue weighted by molar-refractivity contribution is 5.95. The van der Waals surface area contributed by atoms with Gasteiger partial charge in [-0.1, -0.05) is 24.3 Å². The van der Waals surface area contributed by atoms with Crippen LogP contribution in [0.15, 0.2) is 79.1 Å². The molecule has 8 nitrogen and oxygen atoms in total. The highest BCUT2D eigenvalue weighted by atomic mass is 16.5. The molecule has 4 aromatic rings. The van der Waals surface area contributed by atoms with Gasteiger partial charge in [0.2, 0.25) is 11.8 Å². The number of amides is 1. The van der Waals surface area contributed by atoms with Crippen molar-refractivity contribution in [2.45, 2.75) is 25.7 Å². The molecule has 0 aliphatic carbocycles. The number of aromatic nitrogens is 4. The zero-order valence-corrected chi connectivity index (χ0v) is 19.5. The largest absolute Gasteiger partial charge is 0.439 e. The molecule has 0 atom stereocenters. The van der Waals surface area contributed by atoms with E-state index in [0.29, 0.717) is 30.5 Å². The molecular formula is C27H26N6O2. The van der Waals surface area contributed by atoms with Gasteiger partial charge < -0.3 is 15.0 Å². The normalized spacial score (nSPS) is 13.9. The maximum Gasteiger partial charge on any atom is 0.253 e. The lowest BCUT2D eigenvalue weighted by molar-refractivity contribution is 0.0711. The van der Waals surface area contributed by atoms with Gasteiger partial charge in [0.05, 0.1) is 0 Å². The molecule has 1 aliphatic rings. The van der Waals surface area contributed by atoms with Crippen LogP contribution in [-0.2, 0) is 0 Å². The van der Waals surface area contributed by atoms with Gasteiger partial charge in [-0.05, 0) is 56.2 Å². The molecule has 1 saturated heterocycles. The number of nitrogens with zero attached hydrogens (tertiary/aromatic N) is 5. The summed E-state index contributed by atoms with van der Waals surface area (Å²) in [5, 5.41) is 3.14. The fourth-order valence-electron chi connectivity index (χ4n) is 4.15. The van der Waals surface area contributed by atoms with Crippen molar-refractivity contribution in [2.75, 3.05) is 18.4 Å². The number of carbonyl (C=O) groups is 1. The Morgan fingerprint density at radius 2 is 1.71 bits per heavy atom. The van der Waals surface area contributed by atoms with Gasteiger partial charge in [-0.15, -0.1) is 0 Å². The number of anilines is 2. The third-order valence-corrected chi connectivity index (χ3v) is 5.89. The van der Waals surface area contributed by atoms with Crippen LogP contribution in [0.2, 0.25) is 0 Å². The Morgan fingerprint density at radius 1 is 0.943 bits per heavy atom. The monoisotopic (exact) mass is 466 g/mol. The number of nitrogens with one attached hydrogen (secondary N) is 1. The molecule has 35 heavy (non-hydrogen) atoms. The first-order valence-corrected chi connectivity index (χ1v) is 11.7. The smallest absolute Gasteiger partial charge is 0.253 e. The van der Waals surface area contributed by atoms with Crippen molar-refractivity contribution in [3.05, 3.63) is 96.2 Å². The standard InChI is InChI=1S/C27H26N6O2/c1-19-17-24(35-23-9-3-2-4-10-23)32-25(30-19)20-11-15-33(16-12-20)26(34)21-7-5-8-22(18-21)31-27-28-13-6-14-29-27/h2-10,13-14,17-18,20H,11-12,15-16H2,1H3,(H,28,29,31). The summed E-state index contributed by atoms with van der Waals surface area (Å²) in [6, 6.07) is 20.6. The highest BCUT2D eigenvalue weighted by Crippen LogP contribution is 2.29. The van der Waals surface area contributed by atoms with Crippen LogP contribution >= 0.6 is 0 Å². The van der Waals surface area contributed by atoms with Gasteiger partial charge >= 0.3 is 0 Å². The summed E-state index contributed by atoms with van der Waals surface area (Å²) in [5.74, 6) is 2.75. The summed E-state index contributed by atoms with van der Waals surface area (Å²) in [6.45, 7) is 3.24. The molecule has 2 aromatic carbocycles. The van der Waals surface area contributed by atoms with Crippen LogP contribution in [-0.4, -0.2) is 43.8 Å². The molecule has 0 unspecified atom stereocenters. The van der Waals surface area contributed by atoms with E-state index >= 15 is 0 Å². The van der Waals surface area contributed by atoms with Crippen LogP contribution in [0.3, 0.4) is 0 Å². The SMILES string of the molecule is Cc1cc(Oc2ccccc2)nc(C2CCN(C(=O)c3cccc(Nc4ncccn4)c3)CC2)n1. The van der Waals surface area contributed by atoms with Gasteiger partial charge in [-0.3, -0.25) is 4.79 Å². The molecule has 1 N–H and O–H groups in total. The fraction of sp³-hybridized carbons (Fsp3) is 0.222. The van der Waals surface area contributed by atoms with Crippen LogP contribution in [0, 0.1) is 6.92 Å². The highest BCUT2D eigenvalue weighted by Gasteiger charge is 2.27. The minimum atomic E-state index is 0.0133. The number of piperidine rings is 1. The maximum absolute atomic E-state index is 13.2. The number of hydrogen-bond donors (Lipinski definition) is 1. The zero-order chi connectivity index (χ0) is 24.0. The first kappa shape index (κ1) is 22.5. The van der Waals surface area contributed by atoms with Crippen molar-refractivity contribution in [3.63, 3.8) is 0 Å². The van der Waals surface area contributed by atoms with Gasteiger partial charge in [-0.25, -0.2) is 15.0 Å². The second-order valence-corrected chi connectivity index (χ2v) is 8.47. The number of para-hydroxylation sites is 1. The van der Waals surface area contributed by atoms with Crippen molar-refractivity contribution >= 4 is 17.5 Å². The minimum absolute atomic E-state index is 0.0133. The number of benzene rings is 2. The van der Waals surface area contributed by atoms with E-state index < -0.39 is 0 Å². The lowest BCUT2D eigenvalue weighted by atomic mass is 9.95. The van der Waals surface area contributed by atoms with E-state index in [0.717, 1.165) is 35.8 Å². The quantitative estimate of drug-likeness (QED) is 0.421. The zero-order valence-electron chi connectivity index (χ0n) is 19.5. The third kappa shape index (κ3) is 5.60. The maximum atomic E-state index is 13.2. The van der Waals surface area contributed by atoms with Gasteiger partial charge in [-0.2, -0.15) is 4.98 Å². The Labute approximate surface area is 204 Å². The van der Waals surface area contributed by atoms with Crippen molar-refractivity contribution in [1.82, 2.24) is 24.8 Å². The lowest BCUT2D eigenvalue weighted by Gasteiger charge is -2.31. The summed E-state index contributed by atoms with van der Waals surface area (Å²) in [5.41, 5.74) is 2.27. The van der Waals surface area contributed by atoms with E-state index in [4.69, 9.17) is 4.74 Å². The van der Waals surface area contributed by atoms with Crippen LogP contribution in [0.25, 0.3) is 0 Å². The van der Waals surface area contributed by atoms with Crippen LogP contribution in [0.1, 0.15) is 40.6 Å². The minimum Gasteiger partial charge on any atom is -0.439 e. The van der Waals surface area contributed by atoms with E-state index in [1.807, 2.05) is 72.5 Å². The van der Waals surface area contributed by atoms with Crippen LogP contribution in [0.4, 0.5) is 11.6 Å². The predicted molar refractivity (Wildman–Crippen MR) is 133 cm³/mol. The molecule has 176 valence electrons. The molecule has 0 saturated carbocycles. The second kappa shape index (κ2) is 10.3. The van der Waals surface area contributed by atoms with Gasteiger partial charge in [0, 0.05) is 54.4 Å². The molecular weight excluding hydrogens is 440 g/mol. The Hall–Kier alpha value is -4.33. The lowest BCUT2D eigenvalue weighted by Crippen LogP contribution is -2.38. The first-order valence-electron chi connectivity index (χ1n) is 11.7. The molecule has 5 rings (SSSR count). The third-order valence-electron chi connectivity index (χ3n) is 5.89. The molecule has 0 bridgehead atoms. The van der Waals surface area contributed by atoms with E-state index in [1.165, 1.54) is 0 Å². The number of carbonyl (C=O) groups excluding carboxylic acids is 1. The van der Waals surface area contributed by atoms with Gasteiger partial charge in [0.1, 0.15) is 11.6 Å². The topological polar surface area (TPSA) is 93.1 Å². The van der Waals surface area contributed by atoms with Crippen LogP contribution in [0.5, 0.6) is 11.6 Å². The average Bonchev–Trinajstić information content (AvgIpc) is 2.89. The summed E-state index contributed by atoms with van der Waals surface area (Å²) in [7, 11) is 0. The molecule has 1 aliphatic heterocycles. The first-order chi connectivity index (χ1) is 17.1. The molecule has 2 aromatic heterocycles. The Morgan fingerprint density at radius 3 is 2.49 bits per heavy atom. The van der Waals surface area contributed by atoms with E-state index in [-0.39, 0.29) is 11.8 Å². The number of likely N-dealkylation sites (tertiary alicyclic amines) is 1. The molecule has 1 amide bonds. The van der Waals surface area contributed by atoms with E-state index in [2.05, 4.69) is 25.3 Å². The predicted octanol–water partition coefficient (Wildman–Crippen LogP) is 5.13. The van der Waals surface area contributed by atoms with Crippen molar-refractivity contribution < 1.29 is 9.53 Å². The Kier molecular flexibility index (Phi) is 6.61.